The fourth-order valence-corrected chi connectivity index (χ4v) is 1.18. The van der Waals surface area contributed by atoms with Crippen LogP contribution in [-0.4, -0.2) is 35.7 Å². The average molecular weight is 246 g/mol. The molecule has 1 heterocycles. The van der Waals surface area contributed by atoms with Crippen molar-refractivity contribution in [1.82, 2.24) is 0 Å². The second-order valence-corrected chi connectivity index (χ2v) is 3.94. The number of aliphatic carboxylic acids is 1. The van der Waals surface area contributed by atoms with Crippen molar-refractivity contribution in [2.45, 2.75) is 51.2 Å². The van der Waals surface area contributed by atoms with Crippen LogP contribution in [0.3, 0.4) is 0 Å². The Kier molecular flexibility index (Phi) is 8.35. The molecule has 0 spiro atoms. The number of ether oxygens (including phenoxy) is 1. The third-order valence-corrected chi connectivity index (χ3v) is 2.30. The minimum absolute atomic E-state index is 0.0231. The fraction of sp³-hybridized carbons (Fsp3) is 0.818. The summed E-state index contributed by atoms with van der Waals surface area (Å²) in [5.74, 6) is -0.959. The molecule has 1 saturated heterocycles. The predicted molar refractivity (Wildman–Crippen MR) is 63.3 cm³/mol. The molecule has 6 heteroatoms. The summed E-state index contributed by atoms with van der Waals surface area (Å²) < 4.78 is 4.52. The first-order valence-corrected chi connectivity index (χ1v) is 5.91. The highest BCUT2D eigenvalue weighted by molar-refractivity contribution is 5.87. The van der Waals surface area contributed by atoms with Gasteiger partial charge in [-0.25, -0.2) is 4.79 Å². The van der Waals surface area contributed by atoms with Gasteiger partial charge in [-0.05, 0) is 25.8 Å². The molecule has 0 aromatic heterocycles. The number of unbranched alkanes of at least 4 members (excludes halogenated alkanes) is 1. The summed E-state index contributed by atoms with van der Waals surface area (Å²) in [5.41, 5.74) is 10.4. The van der Waals surface area contributed by atoms with Gasteiger partial charge in [-0.3, -0.25) is 4.79 Å². The summed E-state index contributed by atoms with van der Waals surface area (Å²) >= 11 is 0. The van der Waals surface area contributed by atoms with Gasteiger partial charge >= 0.3 is 11.9 Å². The van der Waals surface area contributed by atoms with E-state index in [2.05, 4.69) is 4.74 Å². The Labute approximate surface area is 101 Å². The monoisotopic (exact) mass is 246 g/mol. The molecule has 17 heavy (non-hydrogen) atoms. The summed E-state index contributed by atoms with van der Waals surface area (Å²) in [6, 6.07) is -0.716. The Morgan fingerprint density at radius 2 is 2.12 bits per heavy atom. The number of carbonyl (C=O) groups is 2. The van der Waals surface area contributed by atoms with Crippen LogP contribution < -0.4 is 11.5 Å². The fourth-order valence-electron chi connectivity index (χ4n) is 1.18. The van der Waals surface area contributed by atoms with Crippen LogP contribution >= 0.6 is 0 Å². The van der Waals surface area contributed by atoms with Crippen molar-refractivity contribution in [3.8, 4) is 0 Å². The Bertz CT molecular complexity index is 246. The Hall–Kier alpha value is -1.14. The lowest BCUT2D eigenvalue weighted by molar-refractivity contribution is -0.138. The molecule has 0 bridgehead atoms. The summed E-state index contributed by atoms with van der Waals surface area (Å²) in [5, 5.41) is 8.33. The summed E-state index contributed by atoms with van der Waals surface area (Å²) in [4.78, 5) is 20.2. The second-order valence-electron chi connectivity index (χ2n) is 3.94. The Morgan fingerprint density at radius 1 is 1.53 bits per heavy atom. The maximum absolute atomic E-state index is 10.1. The predicted octanol–water partition coefficient (Wildman–Crippen LogP) is 0.239. The third kappa shape index (κ3) is 8.65. The van der Waals surface area contributed by atoms with Gasteiger partial charge < -0.3 is 21.3 Å². The molecule has 0 aromatic rings. The number of hydrogen-bond acceptors (Lipinski definition) is 5. The van der Waals surface area contributed by atoms with Gasteiger partial charge in [0.15, 0.2) is 6.10 Å². The minimum atomic E-state index is -0.933. The Balaban J connectivity index is 0.000000318. The molecule has 0 radical (unpaired) electrons. The number of nitrogens with two attached hydrogens (primary N) is 2. The van der Waals surface area contributed by atoms with E-state index < -0.39 is 12.0 Å². The second kappa shape index (κ2) is 8.95. The van der Waals surface area contributed by atoms with E-state index in [1.807, 2.05) is 6.92 Å². The zero-order chi connectivity index (χ0) is 13.3. The average Bonchev–Trinajstić information content (AvgIpc) is 2.96. The SMILES string of the molecule is CCCC1OC1=O.NCCCC[C@H](N)C(=O)O. The number of cyclic esters (lactones) is 1. The molecule has 0 amide bonds. The first kappa shape index (κ1) is 15.9. The largest absolute Gasteiger partial charge is 0.480 e. The summed E-state index contributed by atoms with van der Waals surface area (Å²) in [6.45, 7) is 2.64. The van der Waals surface area contributed by atoms with E-state index in [4.69, 9.17) is 16.6 Å². The van der Waals surface area contributed by atoms with Crippen LogP contribution in [0.2, 0.25) is 0 Å². The lowest BCUT2D eigenvalue weighted by atomic mass is 10.1. The summed E-state index contributed by atoms with van der Waals surface area (Å²) in [6.07, 6.45) is 4.08. The topological polar surface area (TPSA) is 119 Å². The Morgan fingerprint density at radius 3 is 2.41 bits per heavy atom. The molecular weight excluding hydrogens is 224 g/mol. The molecule has 1 rings (SSSR count). The van der Waals surface area contributed by atoms with Gasteiger partial charge in [0.05, 0.1) is 0 Å². The van der Waals surface area contributed by atoms with Crippen LogP contribution in [0.25, 0.3) is 0 Å². The van der Waals surface area contributed by atoms with Crippen LogP contribution in [-0.2, 0) is 14.3 Å². The van der Waals surface area contributed by atoms with Crippen molar-refractivity contribution >= 4 is 11.9 Å². The lowest BCUT2D eigenvalue weighted by Crippen LogP contribution is -2.29. The molecule has 0 aliphatic carbocycles. The van der Waals surface area contributed by atoms with Gasteiger partial charge in [-0.15, -0.1) is 0 Å². The smallest absolute Gasteiger partial charge is 0.348 e. The van der Waals surface area contributed by atoms with Gasteiger partial charge in [0.1, 0.15) is 6.04 Å². The van der Waals surface area contributed by atoms with Gasteiger partial charge in [-0.1, -0.05) is 19.8 Å². The van der Waals surface area contributed by atoms with E-state index in [1.165, 1.54) is 0 Å². The van der Waals surface area contributed by atoms with E-state index in [1.54, 1.807) is 0 Å². The van der Waals surface area contributed by atoms with Crippen molar-refractivity contribution in [2.75, 3.05) is 6.54 Å². The molecule has 1 fully saturated rings. The highest BCUT2D eigenvalue weighted by Gasteiger charge is 2.36. The zero-order valence-electron chi connectivity index (χ0n) is 10.2. The van der Waals surface area contributed by atoms with Crippen molar-refractivity contribution in [3.63, 3.8) is 0 Å². The molecule has 1 aliphatic heterocycles. The van der Waals surface area contributed by atoms with Crippen LogP contribution in [0.15, 0.2) is 0 Å². The first-order valence-electron chi connectivity index (χ1n) is 5.91. The molecule has 0 aromatic carbocycles. The van der Waals surface area contributed by atoms with E-state index in [-0.39, 0.29) is 12.1 Å². The van der Waals surface area contributed by atoms with Crippen molar-refractivity contribution in [2.24, 2.45) is 11.5 Å². The molecular formula is C11H22N2O4. The zero-order valence-corrected chi connectivity index (χ0v) is 10.2. The van der Waals surface area contributed by atoms with Gasteiger partial charge in [-0.2, -0.15) is 0 Å². The van der Waals surface area contributed by atoms with E-state index in [9.17, 15) is 9.59 Å². The third-order valence-electron chi connectivity index (χ3n) is 2.30. The van der Waals surface area contributed by atoms with Crippen LogP contribution in [0.4, 0.5) is 0 Å². The molecule has 100 valence electrons. The van der Waals surface area contributed by atoms with Crippen molar-refractivity contribution < 1.29 is 19.4 Å². The standard InChI is InChI=1S/C6H14N2O2.C5H8O2/c7-4-2-1-3-5(8)6(9)10;1-2-3-4-5(6)7-4/h5H,1-4,7-8H2,(H,9,10);4H,2-3H2,1H3/t5-;/m0./s1. The van der Waals surface area contributed by atoms with E-state index in [0.717, 1.165) is 25.7 Å². The number of epoxide rings is 1. The molecule has 0 saturated carbocycles. The van der Waals surface area contributed by atoms with E-state index >= 15 is 0 Å². The molecule has 6 nitrogen and oxygen atoms in total. The quantitative estimate of drug-likeness (QED) is 0.437. The highest BCUT2D eigenvalue weighted by atomic mass is 16.6. The van der Waals surface area contributed by atoms with Crippen LogP contribution in [0.1, 0.15) is 39.0 Å². The minimum Gasteiger partial charge on any atom is -0.480 e. The lowest BCUT2D eigenvalue weighted by Gasteiger charge is -2.03. The first-order chi connectivity index (χ1) is 8.02. The normalized spacial score (nSPS) is 18.8. The molecule has 5 N–H and O–H groups in total. The van der Waals surface area contributed by atoms with Gasteiger partial charge in [0, 0.05) is 0 Å². The number of hydrogen-bond donors (Lipinski definition) is 3. The van der Waals surface area contributed by atoms with Crippen LogP contribution in [0.5, 0.6) is 0 Å². The van der Waals surface area contributed by atoms with E-state index in [0.29, 0.717) is 13.0 Å². The van der Waals surface area contributed by atoms with Crippen LogP contribution in [0, 0.1) is 0 Å². The highest BCUT2D eigenvalue weighted by Crippen LogP contribution is 2.16. The van der Waals surface area contributed by atoms with Crippen molar-refractivity contribution in [1.29, 1.82) is 0 Å². The number of carbonyl (C=O) groups excluding carboxylic acids is 1. The number of carboxylic acid groups (broad SMARTS) is 1. The maximum atomic E-state index is 10.1. The summed E-state index contributed by atoms with van der Waals surface area (Å²) in [7, 11) is 0. The van der Waals surface area contributed by atoms with Gasteiger partial charge in [0.2, 0.25) is 0 Å². The van der Waals surface area contributed by atoms with Crippen molar-refractivity contribution in [3.05, 3.63) is 0 Å². The maximum Gasteiger partial charge on any atom is 0.348 e. The molecule has 1 unspecified atom stereocenters. The van der Waals surface area contributed by atoms with Gasteiger partial charge in [0.25, 0.3) is 0 Å². The molecule has 2 atom stereocenters. The number of rotatable bonds is 7. The number of carboxylic acids is 1. The molecule has 1 aliphatic rings.